The topological polar surface area (TPSA) is 94.8 Å². The van der Waals surface area contributed by atoms with Gasteiger partial charge in [0.05, 0.1) is 18.5 Å². The fraction of sp³-hybridized carbons (Fsp3) is 0.136. The molecule has 2 heterocycles. The maximum atomic E-state index is 13.0. The third-order valence-corrected chi connectivity index (χ3v) is 5.83. The number of nitrogens with zero attached hydrogens (tertiary/aromatic N) is 5. The molecule has 32 heavy (non-hydrogen) atoms. The normalized spacial score (nSPS) is 10.7. The van der Waals surface area contributed by atoms with Crippen LogP contribution < -0.4 is 10.1 Å². The minimum absolute atomic E-state index is 0.233. The maximum Gasteiger partial charge on any atom is 0.274 e. The lowest BCUT2D eigenvalue weighted by atomic mass is 10.2. The predicted octanol–water partition coefficient (Wildman–Crippen LogP) is 3.94. The summed E-state index contributed by atoms with van der Waals surface area (Å²) in [6.45, 7) is 0.280. The summed E-state index contributed by atoms with van der Waals surface area (Å²) >= 11 is 7.59. The molecule has 0 saturated carbocycles. The molecule has 0 saturated heterocycles. The van der Waals surface area contributed by atoms with Crippen LogP contribution in [0.3, 0.4) is 0 Å². The van der Waals surface area contributed by atoms with Crippen molar-refractivity contribution >= 4 is 29.3 Å². The lowest BCUT2D eigenvalue weighted by Crippen LogP contribution is -2.24. The molecule has 0 aliphatic rings. The zero-order chi connectivity index (χ0) is 22.3. The van der Waals surface area contributed by atoms with Gasteiger partial charge >= 0.3 is 0 Å². The number of hydrogen-bond donors (Lipinski definition) is 1. The molecule has 4 rings (SSSR count). The molecular formula is C22H19ClN6O2S. The monoisotopic (exact) mass is 466 g/mol. The standard InChI is InChI=1S/C22H19ClN6O2S/c1-31-17-9-7-16(8-10-17)29-19(14-32-22-24-11-4-12-25-22)20(27-28-29)21(30)26-13-15-5-2-3-6-18(15)23/h2-12H,13-14H2,1H3,(H,26,30). The van der Waals surface area contributed by atoms with Crippen LogP contribution in [0.25, 0.3) is 5.69 Å². The largest absolute Gasteiger partial charge is 0.497 e. The first kappa shape index (κ1) is 21.8. The fourth-order valence-corrected chi connectivity index (χ4v) is 3.93. The Morgan fingerprint density at radius 2 is 1.84 bits per heavy atom. The summed E-state index contributed by atoms with van der Waals surface area (Å²) in [4.78, 5) is 21.4. The second-order valence-electron chi connectivity index (χ2n) is 6.59. The van der Waals surface area contributed by atoms with Gasteiger partial charge in [-0.05, 0) is 42.0 Å². The Labute approximate surface area is 194 Å². The van der Waals surface area contributed by atoms with Crippen LogP contribution in [0, 0.1) is 0 Å². The van der Waals surface area contributed by atoms with E-state index >= 15 is 0 Å². The number of nitrogens with one attached hydrogen (secondary N) is 1. The van der Waals surface area contributed by atoms with Crippen LogP contribution in [0.5, 0.6) is 5.75 Å². The fourth-order valence-electron chi connectivity index (χ4n) is 2.93. The number of halogens is 1. The van der Waals surface area contributed by atoms with E-state index in [2.05, 4.69) is 25.6 Å². The lowest BCUT2D eigenvalue weighted by Gasteiger charge is -2.09. The van der Waals surface area contributed by atoms with Gasteiger partial charge in [-0.2, -0.15) is 0 Å². The molecule has 0 radical (unpaired) electrons. The van der Waals surface area contributed by atoms with Crippen LogP contribution in [0.4, 0.5) is 0 Å². The number of hydrogen-bond acceptors (Lipinski definition) is 7. The van der Waals surface area contributed by atoms with Gasteiger partial charge in [0.15, 0.2) is 10.9 Å². The van der Waals surface area contributed by atoms with Crippen molar-refractivity contribution in [3.05, 3.63) is 89.0 Å². The molecule has 4 aromatic rings. The molecule has 1 amide bonds. The minimum Gasteiger partial charge on any atom is -0.497 e. The summed E-state index contributed by atoms with van der Waals surface area (Å²) in [6, 6.07) is 16.5. The summed E-state index contributed by atoms with van der Waals surface area (Å²) in [5.41, 5.74) is 2.44. The molecular weight excluding hydrogens is 448 g/mol. The maximum absolute atomic E-state index is 13.0. The molecule has 0 fully saturated rings. The molecule has 162 valence electrons. The molecule has 0 aliphatic heterocycles. The highest BCUT2D eigenvalue weighted by molar-refractivity contribution is 7.98. The predicted molar refractivity (Wildman–Crippen MR) is 122 cm³/mol. The Balaban J connectivity index is 1.60. The minimum atomic E-state index is -0.339. The van der Waals surface area contributed by atoms with Gasteiger partial charge in [0.1, 0.15) is 5.75 Å². The number of amides is 1. The highest BCUT2D eigenvalue weighted by Gasteiger charge is 2.21. The van der Waals surface area contributed by atoms with Gasteiger partial charge in [-0.1, -0.05) is 46.8 Å². The number of ether oxygens (including phenoxy) is 1. The van der Waals surface area contributed by atoms with Crippen molar-refractivity contribution in [2.45, 2.75) is 17.5 Å². The van der Waals surface area contributed by atoms with Crippen LogP contribution in [0.15, 0.2) is 72.1 Å². The molecule has 0 unspecified atom stereocenters. The van der Waals surface area contributed by atoms with Crippen molar-refractivity contribution in [3.63, 3.8) is 0 Å². The van der Waals surface area contributed by atoms with Crippen LogP contribution in [-0.4, -0.2) is 38.0 Å². The third-order valence-electron chi connectivity index (χ3n) is 4.57. The van der Waals surface area contributed by atoms with Crippen LogP contribution in [0.2, 0.25) is 5.02 Å². The van der Waals surface area contributed by atoms with Crippen molar-refractivity contribution in [1.29, 1.82) is 0 Å². The Bertz CT molecular complexity index is 1200. The summed E-state index contributed by atoms with van der Waals surface area (Å²) in [5.74, 6) is 0.784. The van der Waals surface area contributed by atoms with E-state index in [1.807, 2.05) is 42.5 Å². The van der Waals surface area contributed by atoms with E-state index in [1.54, 1.807) is 36.3 Å². The van der Waals surface area contributed by atoms with Gasteiger partial charge in [0, 0.05) is 29.7 Å². The number of benzene rings is 2. The van der Waals surface area contributed by atoms with Gasteiger partial charge in [0.2, 0.25) is 0 Å². The summed E-state index contributed by atoms with van der Waals surface area (Å²) in [5, 5.41) is 12.5. The zero-order valence-corrected chi connectivity index (χ0v) is 18.7. The zero-order valence-electron chi connectivity index (χ0n) is 17.1. The van der Waals surface area contributed by atoms with E-state index in [0.717, 1.165) is 17.0 Å². The second-order valence-corrected chi connectivity index (χ2v) is 7.94. The van der Waals surface area contributed by atoms with Gasteiger partial charge in [-0.25, -0.2) is 14.6 Å². The summed E-state index contributed by atoms with van der Waals surface area (Å²) < 4.78 is 6.87. The lowest BCUT2D eigenvalue weighted by molar-refractivity contribution is 0.0945. The Kier molecular flexibility index (Phi) is 6.98. The summed E-state index contributed by atoms with van der Waals surface area (Å²) in [7, 11) is 1.60. The second kappa shape index (κ2) is 10.3. The first-order chi connectivity index (χ1) is 15.7. The van der Waals surface area contributed by atoms with E-state index in [1.165, 1.54) is 11.8 Å². The van der Waals surface area contributed by atoms with Crippen molar-refractivity contribution in [3.8, 4) is 11.4 Å². The van der Waals surface area contributed by atoms with Gasteiger partial charge in [-0.15, -0.1) is 5.10 Å². The summed E-state index contributed by atoms with van der Waals surface area (Å²) in [6.07, 6.45) is 3.34. The van der Waals surface area contributed by atoms with Gasteiger partial charge in [-0.3, -0.25) is 4.79 Å². The molecule has 0 atom stereocenters. The van der Waals surface area contributed by atoms with Crippen molar-refractivity contribution < 1.29 is 9.53 Å². The highest BCUT2D eigenvalue weighted by atomic mass is 35.5. The Morgan fingerprint density at radius 1 is 1.09 bits per heavy atom. The first-order valence-corrected chi connectivity index (χ1v) is 11.0. The Morgan fingerprint density at radius 3 is 2.56 bits per heavy atom. The number of methoxy groups -OCH3 is 1. The smallest absolute Gasteiger partial charge is 0.274 e. The first-order valence-electron chi connectivity index (χ1n) is 9.66. The average molecular weight is 467 g/mol. The van der Waals surface area contributed by atoms with Gasteiger partial charge in [0.25, 0.3) is 5.91 Å². The van der Waals surface area contributed by atoms with Crippen LogP contribution >= 0.6 is 23.4 Å². The van der Waals surface area contributed by atoms with E-state index in [-0.39, 0.29) is 18.1 Å². The molecule has 2 aromatic carbocycles. The van der Waals surface area contributed by atoms with E-state index in [4.69, 9.17) is 16.3 Å². The molecule has 0 spiro atoms. The highest BCUT2D eigenvalue weighted by Crippen LogP contribution is 2.24. The van der Waals surface area contributed by atoms with Crippen LogP contribution in [-0.2, 0) is 12.3 Å². The van der Waals surface area contributed by atoms with E-state index in [9.17, 15) is 4.79 Å². The number of carbonyl (C=O) groups excluding carboxylic acids is 1. The molecule has 0 aliphatic carbocycles. The number of aromatic nitrogens is 5. The SMILES string of the molecule is COc1ccc(-n2nnc(C(=O)NCc3ccccc3Cl)c2CSc2ncccn2)cc1. The quantitative estimate of drug-likeness (QED) is 0.310. The Hall–Kier alpha value is -3.43. The molecule has 1 N–H and O–H groups in total. The van der Waals surface area contributed by atoms with Gasteiger partial charge < -0.3 is 10.1 Å². The third kappa shape index (κ3) is 5.06. The number of carbonyl (C=O) groups is 1. The number of thioether (sulfide) groups is 1. The van der Waals surface area contributed by atoms with E-state index in [0.29, 0.717) is 21.6 Å². The molecule has 0 bridgehead atoms. The van der Waals surface area contributed by atoms with E-state index < -0.39 is 0 Å². The van der Waals surface area contributed by atoms with Crippen molar-refractivity contribution in [2.75, 3.05) is 7.11 Å². The average Bonchev–Trinajstić information content (AvgIpc) is 3.27. The molecule has 2 aromatic heterocycles. The molecule has 8 nitrogen and oxygen atoms in total. The number of rotatable bonds is 8. The van der Waals surface area contributed by atoms with Crippen molar-refractivity contribution in [1.82, 2.24) is 30.3 Å². The molecule has 10 heteroatoms. The van der Waals surface area contributed by atoms with Crippen molar-refractivity contribution in [2.24, 2.45) is 0 Å². The van der Waals surface area contributed by atoms with Crippen LogP contribution in [0.1, 0.15) is 21.7 Å².